The minimum absolute atomic E-state index is 0.304. The number of nitrogens with one attached hydrogen (secondary N) is 1. The van der Waals surface area contributed by atoms with Crippen molar-refractivity contribution in [1.29, 1.82) is 0 Å². The molecule has 0 aliphatic rings. The van der Waals surface area contributed by atoms with E-state index in [0.717, 1.165) is 0 Å². The van der Waals surface area contributed by atoms with Gasteiger partial charge in [-0.2, -0.15) is 0 Å². The van der Waals surface area contributed by atoms with Gasteiger partial charge in [-0.3, -0.25) is 4.79 Å². The van der Waals surface area contributed by atoms with Gasteiger partial charge in [-0.25, -0.2) is 9.37 Å². The van der Waals surface area contributed by atoms with Crippen LogP contribution in [0.3, 0.4) is 0 Å². The van der Waals surface area contributed by atoms with E-state index in [1.54, 1.807) is 24.3 Å². The summed E-state index contributed by atoms with van der Waals surface area (Å²) in [6.45, 7) is 0. The molecule has 2 rings (SSSR count). The van der Waals surface area contributed by atoms with Crippen LogP contribution in [0, 0.1) is 9.39 Å². The van der Waals surface area contributed by atoms with Crippen molar-refractivity contribution in [2.45, 2.75) is 0 Å². The van der Waals surface area contributed by atoms with Gasteiger partial charge in [0, 0.05) is 11.8 Å². The van der Waals surface area contributed by atoms with Crippen molar-refractivity contribution in [3.05, 3.63) is 56.1 Å². The van der Waals surface area contributed by atoms with Gasteiger partial charge in [0.05, 0.1) is 9.26 Å². The third kappa shape index (κ3) is 3.05. The molecule has 0 spiro atoms. The van der Waals surface area contributed by atoms with Crippen LogP contribution in [0.4, 0.5) is 10.1 Å². The molecule has 18 heavy (non-hydrogen) atoms. The van der Waals surface area contributed by atoms with E-state index in [-0.39, 0.29) is 11.7 Å². The Kier molecular flexibility index (Phi) is 4.28. The van der Waals surface area contributed by atoms with Crippen LogP contribution in [0.25, 0.3) is 0 Å². The highest BCUT2D eigenvalue weighted by Gasteiger charge is 2.10. The molecule has 1 heterocycles. The van der Waals surface area contributed by atoms with Crippen LogP contribution in [0.5, 0.6) is 0 Å². The van der Waals surface area contributed by atoms with Gasteiger partial charge in [0.25, 0.3) is 5.91 Å². The van der Waals surface area contributed by atoms with Crippen molar-refractivity contribution < 1.29 is 9.18 Å². The number of pyridine rings is 1. The van der Waals surface area contributed by atoms with E-state index in [1.165, 1.54) is 12.3 Å². The first kappa shape index (κ1) is 13.4. The van der Waals surface area contributed by atoms with Gasteiger partial charge in [0.2, 0.25) is 0 Å². The standard InChI is InChI=1S/C12H7BrFIN2O/c13-10-6-7(4-5-16-10)12(18)17-9-3-1-2-8(14)11(9)15/h1-6H,(H,17,18). The summed E-state index contributed by atoms with van der Waals surface area (Å²) in [5, 5.41) is 2.66. The van der Waals surface area contributed by atoms with E-state index in [2.05, 4.69) is 26.2 Å². The zero-order valence-electron chi connectivity index (χ0n) is 8.95. The molecule has 6 heteroatoms. The summed E-state index contributed by atoms with van der Waals surface area (Å²) in [7, 11) is 0. The monoisotopic (exact) mass is 420 g/mol. The lowest BCUT2D eigenvalue weighted by Crippen LogP contribution is -2.13. The summed E-state index contributed by atoms with van der Waals surface area (Å²) < 4.78 is 14.3. The van der Waals surface area contributed by atoms with Crippen molar-refractivity contribution in [2.75, 3.05) is 5.32 Å². The van der Waals surface area contributed by atoms with E-state index in [1.807, 2.05) is 22.6 Å². The van der Waals surface area contributed by atoms with Gasteiger partial charge in [-0.1, -0.05) is 6.07 Å². The van der Waals surface area contributed by atoms with Crippen molar-refractivity contribution in [2.24, 2.45) is 0 Å². The van der Waals surface area contributed by atoms with E-state index < -0.39 is 0 Å². The van der Waals surface area contributed by atoms with E-state index in [0.29, 0.717) is 19.4 Å². The molecule has 1 amide bonds. The second-order valence-electron chi connectivity index (χ2n) is 3.42. The van der Waals surface area contributed by atoms with Crippen molar-refractivity contribution in [3.8, 4) is 0 Å². The number of nitrogens with zero attached hydrogens (tertiary/aromatic N) is 1. The fourth-order valence-corrected chi connectivity index (χ4v) is 2.20. The number of aromatic nitrogens is 1. The molecule has 1 N–H and O–H groups in total. The lowest BCUT2D eigenvalue weighted by atomic mass is 10.2. The molecule has 1 aromatic carbocycles. The number of carbonyl (C=O) groups is 1. The average Bonchev–Trinajstić information content (AvgIpc) is 2.35. The summed E-state index contributed by atoms with van der Waals surface area (Å²) in [5.41, 5.74) is 0.908. The van der Waals surface area contributed by atoms with Gasteiger partial charge >= 0.3 is 0 Å². The Morgan fingerprint density at radius 2 is 2.17 bits per heavy atom. The molecule has 0 saturated carbocycles. The van der Waals surface area contributed by atoms with Crippen molar-refractivity contribution in [3.63, 3.8) is 0 Å². The van der Waals surface area contributed by atoms with E-state index in [9.17, 15) is 9.18 Å². The summed E-state index contributed by atoms with van der Waals surface area (Å²) in [6, 6.07) is 7.74. The Labute approximate surface area is 125 Å². The maximum atomic E-state index is 13.3. The molecular formula is C12H7BrFIN2O. The molecule has 3 nitrogen and oxygen atoms in total. The van der Waals surface area contributed by atoms with Gasteiger partial charge < -0.3 is 5.32 Å². The minimum atomic E-state index is -0.357. The van der Waals surface area contributed by atoms with Gasteiger partial charge in [-0.15, -0.1) is 0 Å². The second kappa shape index (κ2) is 5.75. The van der Waals surface area contributed by atoms with Crippen molar-refractivity contribution in [1.82, 2.24) is 4.98 Å². The number of hydrogen-bond donors (Lipinski definition) is 1. The highest BCUT2D eigenvalue weighted by molar-refractivity contribution is 14.1. The average molecular weight is 421 g/mol. The Bertz CT molecular complexity index is 606. The topological polar surface area (TPSA) is 42.0 Å². The summed E-state index contributed by atoms with van der Waals surface area (Å²) in [6.07, 6.45) is 1.52. The Morgan fingerprint density at radius 3 is 2.89 bits per heavy atom. The fraction of sp³-hybridized carbons (Fsp3) is 0. The number of hydrogen-bond acceptors (Lipinski definition) is 2. The third-order valence-electron chi connectivity index (χ3n) is 2.19. The van der Waals surface area contributed by atoms with Crippen LogP contribution in [-0.2, 0) is 0 Å². The second-order valence-corrected chi connectivity index (χ2v) is 5.31. The Morgan fingerprint density at radius 1 is 1.39 bits per heavy atom. The number of benzene rings is 1. The van der Waals surface area contributed by atoms with Crippen molar-refractivity contribution >= 4 is 50.1 Å². The first-order valence-corrected chi connectivity index (χ1v) is 6.82. The van der Waals surface area contributed by atoms with Crippen LogP contribution < -0.4 is 5.32 Å². The molecule has 0 unspecified atom stereocenters. The van der Waals surface area contributed by atoms with E-state index in [4.69, 9.17) is 0 Å². The molecule has 92 valence electrons. The zero-order valence-corrected chi connectivity index (χ0v) is 12.7. The SMILES string of the molecule is O=C(Nc1cccc(F)c1I)c1ccnc(Br)c1. The molecule has 0 bridgehead atoms. The number of rotatable bonds is 2. The first-order chi connectivity index (χ1) is 8.58. The van der Waals surface area contributed by atoms with Gasteiger partial charge in [0.1, 0.15) is 10.4 Å². The molecule has 0 aliphatic heterocycles. The summed E-state index contributed by atoms with van der Waals surface area (Å²) >= 11 is 5.04. The highest BCUT2D eigenvalue weighted by Crippen LogP contribution is 2.21. The molecule has 0 atom stereocenters. The lowest BCUT2D eigenvalue weighted by molar-refractivity contribution is 0.102. The highest BCUT2D eigenvalue weighted by atomic mass is 127. The zero-order chi connectivity index (χ0) is 13.1. The number of carbonyl (C=O) groups excluding carboxylic acids is 1. The maximum Gasteiger partial charge on any atom is 0.255 e. The van der Waals surface area contributed by atoms with Crippen LogP contribution >= 0.6 is 38.5 Å². The molecule has 0 radical (unpaired) electrons. The van der Waals surface area contributed by atoms with Gasteiger partial charge in [-0.05, 0) is 62.8 Å². The summed E-state index contributed by atoms with van der Waals surface area (Å²) in [5.74, 6) is -0.661. The molecule has 0 aliphatic carbocycles. The smallest absolute Gasteiger partial charge is 0.255 e. The van der Waals surface area contributed by atoms with Gasteiger partial charge in [0.15, 0.2) is 0 Å². The fourth-order valence-electron chi connectivity index (χ4n) is 1.34. The predicted molar refractivity (Wildman–Crippen MR) is 79.0 cm³/mol. The number of halogens is 3. The van der Waals surface area contributed by atoms with Crippen LogP contribution in [0.15, 0.2) is 41.1 Å². The number of amides is 1. The minimum Gasteiger partial charge on any atom is -0.321 e. The van der Waals surface area contributed by atoms with Crippen LogP contribution in [-0.4, -0.2) is 10.9 Å². The largest absolute Gasteiger partial charge is 0.321 e. The molecule has 2 aromatic rings. The number of anilines is 1. The normalized spacial score (nSPS) is 10.2. The quantitative estimate of drug-likeness (QED) is 0.592. The Balaban J connectivity index is 2.24. The maximum absolute atomic E-state index is 13.3. The Hall–Kier alpha value is -1.02. The summed E-state index contributed by atoms with van der Waals surface area (Å²) in [4.78, 5) is 15.9. The molecule has 1 aromatic heterocycles. The molecule has 0 saturated heterocycles. The lowest BCUT2D eigenvalue weighted by Gasteiger charge is -2.07. The predicted octanol–water partition coefficient (Wildman–Crippen LogP) is 3.84. The molecular weight excluding hydrogens is 414 g/mol. The first-order valence-electron chi connectivity index (χ1n) is 4.95. The van der Waals surface area contributed by atoms with Crippen LogP contribution in [0.2, 0.25) is 0 Å². The third-order valence-corrected chi connectivity index (χ3v) is 3.72. The van der Waals surface area contributed by atoms with E-state index >= 15 is 0 Å². The molecule has 0 fully saturated rings. The van der Waals surface area contributed by atoms with Crippen LogP contribution in [0.1, 0.15) is 10.4 Å².